The third kappa shape index (κ3) is 1.85. The quantitative estimate of drug-likeness (QED) is 0.742. The summed E-state index contributed by atoms with van der Waals surface area (Å²) in [5.74, 6) is 0.667. The van der Waals surface area contributed by atoms with E-state index in [1.165, 1.54) is 46.1 Å². The fraction of sp³-hybridized carbons (Fsp3) is 0.263. The van der Waals surface area contributed by atoms with Gasteiger partial charge in [-0.1, -0.05) is 43.4 Å². The maximum absolute atomic E-state index is 3.57. The molecule has 0 aliphatic heterocycles. The largest absolute Gasteiger partial charge is 0.355 e. The van der Waals surface area contributed by atoms with E-state index in [9.17, 15) is 0 Å². The molecule has 1 heterocycles. The summed E-state index contributed by atoms with van der Waals surface area (Å²) < 4.78 is 0. The van der Waals surface area contributed by atoms with Crippen LogP contribution in [0.1, 0.15) is 31.0 Å². The minimum atomic E-state index is 0.667. The van der Waals surface area contributed by atoms with Crippen molar-refractivity contribution in [1.82, 2.24) is 4.98 Å². The van der Waals surface area contributed by atoms with E-state index in [0.29, 0.717) is 5.92 Å². The number of fused-ring (bicyclic) bond motifs is 3. The Labute approximate surface area is 119 Å². The summed E-state index contributed by atoms with van der Waals surface area (Å²) in [6, 6.07) is 8.64. The molecule has 1 atom stereocenters. The van der Waals surface area contributed by atoms with Gasteiger partial charge in [-0.15, -0.1) is 0 Å². The summed E-state index contributed by atoms with van der Waals surface area (Å²) >= 11 is 0. The Bertz CT molecular complexity index is 755. The van der Waals surface area contributed by atoms with E-state index in [1.54, 1.807) is 0 Å². The number of allylic oxidation sites excluding steroid dienone is 5. The molecule has 0 saturated carbocycles. The van der Waals surface area contributed by atoms with Gasteiger partial charge in [0, 0.05) is 16.6 Å². The van der Waals surface area contributed by atoms with Crippen molar-refractivity contribution in [3.63, 3.8) is 0 Å². The minimum absolute atomic E-state index is 0.667. The predicted molar refractivity (Wildman–Crippen MR) is 85.6 cm³/mol. The van der Waals surface area contributed by atoms with Crippen molar-refractivity contribution in [1.29, 1.82) is 0 Å². The first-order chi connectivity index (χ1) is 9.81. The number of hydrogen-bond acceptors (Lipinski definition) is 0. The molecule has 1 unspecified atom stereocenters. The summed E-state index contributed by atoms with van der Waals surface area (Å²) in [6.07, 6.45) is 12.7. The highest BCUT2D eigenvalue weighted by molar-refractivity contribution is 5.88. The van der Waals surface area contributed by atoms with Crippen molar-refractivity contribution in [2.45, 2.75) is 26.2 Å². The van der Waals surface area contributed by atoms with Gasteiger partial charge in [-0.25, -0.2) is 0 Å². The maximum atomic E-state index is 3.57. The van der Waals surface area contributed by atoms with Crippen molar-refractivity contribution >= 4 is 17.0 Å². The molecule has 0 spiro atoms. The molecule has 1 aromatic carbocycles. The van der Waals surface area contributed by atoms with E-state index in [0.717, 1.165) is 6.42 Å². The molecule has 1 nitrogen and oxygen atoms in total. The van der Waals surface area contributed by atoms with Crippen LogP contribution in [0.5, 0.6) is 0 Å². The molecule has 100 valence electrons. The van der Waals surface area contributed by atoms with Gasteiger partial charge < -0.3 is 4.98 Å². The number of rotatable bonds is 1. The van der Waals surface area contributed by atoms with Crippen LogP contribution in [-0.4, -0.2) is 4.98 Å². The molecule has 0 radical (unpaired) electrons. The topological polar surface area (TPSA) is 15.8 Å². The van der Waals surface area contributed by atoms with Crippen LogP contribution in [-0.2, 0) is 6.42 Å². The normalized spacial score (nSPS) is 21.6. The molecule has 0 saturated heterocycles. The molecular formula is C19H19N. The zero-order chi connectivity index (χ0) is 13.5. The smallest absolute Gasteiger partial charge is 0.0461 e. The minimum Gasteiger partial charge on any atom is -0.355 e. The molecular weight excluding hydrogens is 242 g/mol. The molecule has 1 heteroatoms. The lowest BCUT2D eigenvalue weighted by Gasteiger charge is -2.20. The lowest BCUT2D eigenvalue weighted by molar-refractivity contribution is 0.704. The predicted octanol–water partition coefficient (Wildman–Crippen LogP) is 5.02. The first kappa shape index (κ1) is 11.8. The van der Waals surface area contributed by atoms with Crippen molar-refractivity contribution in [3.8, 4) is 0 Å². The van der Waals surface area contributed by atoms with Crippen molar-refractivity contribution in [2.75, 3.05) is 0 Å². The van der Waals surface area contributed by atoms with Crippen LogP contribution in [0.25, 0.3) is 17.0 Å². The highest BCUT2D eigenvalue weighted by Crippen LogP contribution is 2.35. The Balaban J connectivity index is 1.78. The van der Waals surface area contributed by atoms with Gasteiger partial charge in [0.25, 0.3) is 0 Å². The van der Waals surface area contributed by atoms with Crippen molar-refractivity contribution in [2.24, 2.45) is 5.92 Å². The van der Waals surface area contributed by atoms with Gasteiger partial charge >= 0.3 is 0 Å². The van der Waals surface area contributed by atoms with Crippen molar-refractivity contribution in [3.05, 3.63) is 64.9 Å². The second-order valence-corrected chi connectivity index (χ2v) is 5.99. The molecule has 0 bridgehead atoms. The number of aromatic amines is 1. The average Bonchev–Trinajstić information content (AvgIpc) is 2.85. The van der Waals surface area contributed by atoms with Crippen LogP contribution in [0, 0.1) is 5.92 Å². The molecule has 1 aromatic heterocycles. The SMILES string of the molecule is CC1C=CC=C(C2=Cc3[nH]c4ccccc4c3CC2)C1. The molecule has 1 N–H and O–H groups in total. The van der Waals surface area contributed by atoms with Crippen LogP contribution in [0.2, 0.25) is 0 Å². The number of benzene rings is 1. The molecule has 0 fully saturated rings. The summed E-state index contributed by atoms with van der Waals surface area (Å²) in [4.78, 5) is 3.57. The Morgan fingerprint density at radius 1 is 1.10 bits per heavy atom. The van der Waals surface area contributed by atoms with Crippen molar-refractivity contribution < 1.29 is 0 Å². The first-order valence-electron chi connectivity index (χ1n) is 7.49. The Kier molecular flexibility index (Phi) is 2.66. The molecule has 4 rings (SSSR count). The third-order valence-corrected chi connectivity index (χ3v) is 4.50. The second kappa shape index (κ2) is 4.52. The van der Waals surface area contributed by atoms with Crippen LogP contribution in [0.3, 0.4) is 0 Å². The summed E-state index contributed by atoms with van der Waals surface area (Å²) in [7, 11) is 0. The van der Waals surface area contributed by atoms with E-state index >= 15 is 0 Å². The van der Waals surface area contributed by atoms with Gasteiger partial charge in [0.2, 0.25) is 0 Å². The van der Waals surface area contributed by atoms with Gasteiger partial charge in [0.15, 0.2) is 0 Å². The number of aromatic nitrogens is 1. The summed E-state index contributed by atoms with van der Waals surface area (Å²) in [5.41, 5.74) is 7.10. The lowest BCUT2D eigenvalue weighted by Crippen LogP contribution is -2.05. The van der Waals surface area contributed by atoms with Gasteiger partial charge in [-0.3, -0.25) is 0 Å². The van der Waals surface area contributed by atoms with E-state index in [-0.39, 0.29) is 0 Å². The monoisotopic (exact) mass is 261 g/mol. The number of nitrogens with one attached hydrogen (secondary N) is 1. The van der Waals surface area contributed by atoms with E-state index in [4.69, 9.17) is 0 Å². The second-order valence-electron chi connectivity index (χ2n) is 5.99. The summed E-state index contributed by atoms with van der Waals surface area (Å²) in [6.45, 7) is 2.29. The summed E-state index contributed by atoms with van der Waals surface area (Å²) in [5, 5.41) is 1.39. The lowest BCUT2D eigenvalue weighted by atomic mass is 9.85. The molecule has 2 aliphatic rings. The van der Waals surface area contributed by atoms with E-state index < -0.39 is 0 Å². The third-order valence-electron chi connectivity index (χ3n) is 4.50. The zero-order valence-electron chi connectivity index (χ0n) is 11.8. The fourth-order valence-corrected chi connectivity index (χ4v) is 3.46. The number of para-hydroxylation sites is 1. The number of aryl methyl sites for hydroxylation is 1. The highest BCUT2D eigenvalue weighted by atomic mass is 14.7. The Morgan fingerprint density at radius 2 is 2.00 bits per heavy atom. The van der Waals surface area contributed by atoms with Gasteiger partial charge in [-0.05, 0) is 54.0 Å². The number of H-pyrrole nitrogens is 1. The Hall–Kier alpha value is -2.02. The van der Waals surface area contributed by atoms with E-state index in [1.807, 2.05) is 0 Å². The highest BCUT2D eigenvalue weighted by Gasteiger charge is 2.18. The van der Waals surface area contributed by atoms with Crippen LogP contribution >= 0.6 is 0 Å². The number of hydrogen-bond donors (Lipinski definition) is 1. The molecule has 20 heavy (non-hydrogen) atoms. The molecule has 2 aliphatic carbocycles. The first-order valence-corrected chi connectivity index (χ1v) is 7.49. The zero-order valence-corrected chi connectivity index (χ0v) is 11.8. The fourth-order valence-electron chi connectivity index (χ4n) is 3.46. The van der Waals surface area contributed by atoms with E-state index in [2.05, 4.69) is 60.5 Å². The van der Waals surface area contributed by atoms with Gasteiger partial charge in [-0.2, -0.15) is 0 Å². The van der Waals surface area contributed by atoms with Crippen LogP contribution < -0.4 is 0 Å². The van der Waals surface area contributed by atoms with Crippen LogP contribution in [0.15, 0.2) is 53.6 Å². The van der Waals surface area contributed by atoms with Gasteiger partial charge in [0.05, 0.1) is 0 Å². The molecule has 2 aromatic rings. The Morgan fingerprint density at radius 3 is 2.90 bits per heavy atom. The van der Waals surface area contributed by atoms with Crippen LogP contribution in [0.4, 0.5) is 0 Å². The standard InChI is InChI=1S/C19H19N/c1-13-5-4-6-14(11-13)15-9-10-17-16-7-2-3-8-18(16)20-19(17)12-15/h2-8,12-13,20H,9-11H2,1H3. The average molecular weight is 261 g/mol. The maximum Gasteiger partial charge on any atom is 0.0461 e. The molecule has 0 amide bonds. The van der Waals surface area contributed by atoms with Gasteiger partial charge in [0.1, 0.15) is 0 Å².